The molecule has 5 heteroatoms. The Bertz CT molecular complexity index is 632. The standard InChI is InChI=1S/C27H42O5/c1-2-3-4-9-22(31-26-10-5-7-14-29-26)12-13-23-24-17-20(19-28)16-21(24)18-25(23)32-27-11-6-8-15-30-27/h12-13,16,19,21-27H,2-11,14-15,17-18H2,1H3/b13-12-/t21-,22-,23-,24-,25+,26?,27?/m0/s1. The van der Waals surface area contributed by atoms with Gasteiger partial charge in [0.05, 0.1) is 12.2 Å². The highest BCUT2D eigenvalue weighted by molar-refractivity contribution is 5.74. The zero-order valence-electron chi connectivity index (χ0n) is 19.8. The van der Waals surface area contributed by atoms with Crippen molar-refractivity contribution in [2.45, 2.75) is 109 Å². The number of aldehydes is 1. The van der Waals surface area contributed by atoms with Gasteiger partial charge in [0.25, 0.3) is 0 Å². The summed E-state index contributed by atoms with van der Waals surface area (Å²) in [4.78, 5) is 11.4. The zero-order chi connectivity index (χ0) is 22.2. The van der Waals surface area contributed by atoms with Crippen molar-refractivity contribution in [3.8, 4) is 0 Å². The van der Waals surface area contributed by atoms with Crippen LogP contribution in [0.4, 0.5) is 0 Å². The van der Waals surface area contributed by atoms with E-state index in [9.17, 15) is 4.79 Å². The number of fused-ring (bicyclic) bond motifs is 1. The van der Waals surface area contributed by atoms with Crippen LogP contribution in [-0.4, -0.2) is 44.3 Å². The Morgan fingerprint density at radius 1 is 1.09 bits per heavy atom. The Morgan fingerprint density at radius 2 is 1.88 bits per heavy atom. The van der Waals surface area contributed by atoms with E-state index in [0.717, 1.165) is 70.0 Å². The van der Waals surface area contributed by atoms with Crippen LogP contribution in [0.3, 0.4) is 0 Å². The maximum absolute atomic E-state index is 11.4. The molecule has 180 valence electrons. The van der Waals surface area contributed by atoms with Gasteiger partial charge in [-0.3, -0.25) is 4.79 Å². The van der Waals surface area contributed by atoms with Crippen LogP contribution in [0.5, 0.6) is 0 Å². The highest BCUT2D eigenvalue weighted by atomic mass is 16.7. The third-order valence-electron chi connectivity index (χ3n) is 7.60. The first kappa shape index (κ1) is 24.1. The van der Waals surface area contributed by atoms with Crippen molar-refractivity contribution < 1.29 is 23.7 Å². The lowest BCUT2D eigenvalue weighted by molar-refractivity contribution is -0.193. The van der Waals surface area contributed by atoms with Crippen molar-refractivity contribution in [3.05, 3.63) is 23.8 Å². The van der Waals surface area contributed by atoms with E-state index >= 15 is 0 Å². The molecule has 0 aromatic heterocycles. The van der Waals surface area contributed by atoms with Crippen molar-refractivity contribution in [1.29, 1.82) is 0 Å². The van der Waals surface area contributed by atoms with Gasteiger partial charge in [0.2, 0.25) is 0 Å². The van der Waals surface area contributed by atoms with Crippen LogP contribution in [0.15, 0.2) is 23.8 Å². The van der Waals surface area contributed by atoms with Gasteiger partial charge in [-0.05, 0) is 75.2 Å². The topological polar surface area (TPSA) is 54.0 Å². The molecule has 0 aromatic rings. The molecule has 5 nitrogen and oxygen atoms in total. The Kier molecular flexibility index (Phi) is 9.39. The predicted octanol–water partition coefficient (Wildman–Crippen LogP) is 5.73. The highest BCUT2D eigenvalue weighted by Crippen LogP contribution is 2.48. The number of carbonyl (C=O) groups excluding carboxylic acids is 1. The molecule has 2 aliphatic heterocycles. The normalized spacial score (nSPS) is 36.2. The number of carbonyl (C=O) groups is 1. The van der Waals surface area contributed by atoms with Crippen LogP contribution in [0, 0.1) is 17.8 Å². The summed E-state index contributed by atoms with van der Waals surface area (Å²) >= 11 is 0. The summed E-state index contributed by atoms with van der Waals surface area (Å²) in [6.45, 7) is 3.84. The Labute approximate surface area is 193 Å². The second-order valence-electron chi connectivity index (χ2n) is 10.0. The molecule has 32 heavy (non-hydrogen) atoms. The molecule has 0 aromatic carbocycles. The lowest BCUT2D eigenvalue weighted by Crippen LogP contribution is -2.31. The molecular formula is C27H42O5. The van der Waals surface area contributed by atoms with Gasteiger partial charge in [-0.1, -0.05) is 44.4 Å². The summed E-state index contributed by atoms with van der Waals surface area (Å²) in [7, 11) is 0. The molecule has 0 radical (unpaired) electrons. The van der Waals surface area contributed by atoms with Crippen LogP contribution >= 0.6 is 0 Å². The lowest BCUT2D eigenvalue weighted by Gasteiger charge is -2.30. The summed E-state index contributed by atoms with van der Waals surface area (Å²) in [5, 5.41) is 0. The van der Waals surface area contributed by atoms with E-state index in [1.165, 1.54) is 32.1 Å². The fraction of sp³-hybridized carbons (Fsp3) is 0.815. The first-order chi connectivity index (χ1) is 15.8. The molecule has 2 unspecified atom stereocenters. The minimum atomic E-state index is -0.0785. The molecular weight excluding hydrogens is 404 g/mol. The molecule has 4 rings (SSSR count). The smallest absolute Gasteiger partial charge is 0.158 e. The van der Waals surface area contributed by atoms with Gasteiger partial charge in [-0.2, -0.15) is 0 Å². The van der Waals surface area contributed by atoms with E-state index in [0.29, 0.717) is 17.8 Å². The van der Waals surface area contributed by atoms with Gasteiger partial charge in [0.15, 0.2) is 12.6 Å². The molecule has 2 saturated heterocycles. The minimum Gasteiger partial charge on any atom is -0.353 e. The molecule has 0 N–H and O–H groups in total. The highest BCUT2D eigenvalue weighted by Gasteiger charge is 2.45. The quantitative estimate of drug-likeness (QED) is 0.231. The van der Waals surface area contributed by atoms with Crippen LogP contribution in [-0.2, 0) is 23.7 Å². The fourth-order valence-electron chi connectivity index (χ4n) is 5.84. The number of ether oxygens (including phenoxy) is 4. The molecule has 1 saturated carbocycles. The Balaban J connectivity index is 1.43. The SMILES string of the molecule is CCCCC[C@@H](/C=C\[C@H]1[C@H]2CC(C=O)=C[C@H]2C[C@H]1OC1CCCCO1)OC1CCCCO1. The average molecular weight is 447 g/mol. The van der Waals surface area contributed by atoms with Crippen molar-refractivity contribution in [3.63, 3.8) is 0 Å². The summed E-state index contributed by atoms with van der Waals surface area (Å²) in [5.74, 6) is 1.17. The zero-order valence-corrected chi connectivity index (χ0v) is 19.8. The first-order valence-corrected chi connectivity index (χ1v) is 13.1. The minimum absolute atomic E-state index is 0.0751. The maximum atomic E-state index is 11.4. The second-order valence-corrected chi connectivity index (χ2v) is 10.0. The van der Waals surface area contributed by atoms with Gasteiger partial charge in [0, 0.05) is 19.1 Å². The average Bonchev–Trinajstić information content (AvgIpc) is 3.36. The molecule has 0 bridgehead atoms. The van der Waals surface area contributed by atoms with Gasteiger partial charge >= 0.3 is 0 Å². The summed E-state index contributed by atoms with van der Waals surface area (Å²) in [5.41, 5.74) is 0.956. The Hall–Kier alpha value is -1.01. The molecule has 2 heterocycles. The van der Waals surface area contributed by atoms with E-state index in [1.807, 2.05) is 0 Å². The summed E-state index contributed by atoms with van der Waals surface area (Å²) < 4.78 is 24.6. The van der Waals surface area contributed by atoms with E-state index in [2.05, 4.69) is 25.2 Å². The van der Waals surface area contributed by atoms with E-state index < -0.39 is 0 Å². The van der Waals surface area contributed by atoms with Crippen LogP contribution < -0.4 is 0 Å². The summed E-state index contributed by atoms with van der Waals surface area (Å²) in [6.07, 6.45) is 21.0. The second kappa shape index (κ2) is 12.5. The number of allylic oxidation sites excluding steroid dienone is 2. The maximum Gasteiger partial charge on any atom is 0.158 e. The van der Waals surface area contributed by atoms with E-state index in [-0.39, 0.29) is 24.8 Å². The van der Waals surface area contributed by atoms with E-state index in [1.54, 1.807) is 0 Å². The fourth-order valence-corrected chi connectivity index (χ4v) is 5.84. The summed E-state index contributed by atoms with van der Waals surface area (Å²) in [6, 6.07) is 0. The van der Waals surface area contributed by atoms with Crippen LogP contribution in [0.25, 0.3) is 0 Å². The first-order valence-electron chi connectivity index (χ1n) is 13.1. The largest absolute Gasteiger partial charge is 0.353 e. The third-order valence-corrected chi connectivity index (χ3v) is 7.60. The van der Waals surface area contributed by atoms with Crippen molar-refractivity contribution >= 4 is 6.29 Å². The number of hydrogen-bond acceptors (Lipinski definition) is 5. The van der Waals surface area contributed by atoms with Gasteiger partial charge in [-0.15, -0.1) is 0 Å². The third kappa shape index (κ3) is 6.53. The van der Waals surface area contributed by atoms with Crippen molar-refractivity contribution in [1.82, 2.24) is 0 Å². The van der Waals surface area contributed by atoms with Gasteiger partial charge in [0.1, 0.15) is 6.29 Å². The molecule has 2 aliphatic carbocycles. The predicted molar refractivity (Wildman–Crippen MR) is 124 cm³/mol. The number of rotatable bonds is 11. The van der Waals surface area contributed by atoms with Gasteiger partial charge < -0.3 is 18.9 Å². The van der Waals surface area contributed by atoms with Crippen molar-refractivity contribution in [2.24, 2.45) is 17.8 Å². The number of hydrogen-bond donors (Lipinski definition) is 0. The van der Waals surface area contributed by atoms with Crippen LogP contribution in [0.1, 0.15) is 84.0 Å². The monoisotopic (exact) mass is 446 g/mol. The van der Waals surface area contributed by atoms with Gasteiger partial charge in [-0.25, -0.2) is 0 Å². The number of unbranched alkanes of at least 4 members (excludes halogenated alkanes) is 2. The van der Waals surface area contributed by atoms with E-state index in [4.69, 9.17) is 18.9 Å². The van der Waals surface area contributed by atoms with Crippen LogP contribution in [0.2, 0.25) is 0 Å². The molecule has 4 aliphatic rings. The molecule has 7 atom stereocenters. The lowest BCUT2D eigenvalue weighted by atomic mass is 9.89. The molecule has 0 spiro atoms. The molecule has 0 amide bonds. The Morgan fingerprint density at radius 3 is 2.56 bits per heavy atom. The van der Waals surface area contributed by atoms with Crippen molar-refractivity contribution in [2.75, 3.05) is 13.2 Å². The molecule has 3 fully saturated rings.